The number of ether oxygens (including phenoxy) is 1. The van der Waals surface area contributed by atoms with Crippen LogP contribution in [0.15, 0.2) is 30.5 Å². The van der Waals surface area contributed by atoms with E-state index in [0.717, 1.165) is 41.8 Å². The lowest BCUT2D eigenvalue weighted by Crippen LogP contribution is -2.40. The van der Waals surface area contributed by atoms with Gasteiger partial charge in [0, 0.05) is 45.4 Å². The fraction of sp³-hybridized carbons (Fsp3) is 0.478. The largest absolute Gasteiger partial charge is 0.497 e. The van der Waals surface area contributed by atoms with Gasteiger partial charge in [-0.05, 0) is 37.0 Å². The van der Waals surface area contributed by atoms with Crippen LogP contribution in [-0.2, 0) is 9.59 Å². The van der Waals surface area contributed by atoms with Crippen LogP contribution >= 0.6 is 0 Å². The zero-order valence-electron chi connectivity index (χ0n) is 18.4. The molecule has 2 amide bonds. The van der Waals surface area contributed by atoms with Crippen LogP contribution in [0, 0.1) is 0 Å². The molecule has 31 heavy (non-hydrogen) atoms. The number of carbonyl (C=O) groups excluding carboxylic acids is 2. The average molecular weight is 424 g/mol. The molecular formula is C23H29N5O3. The average Bonchev–Trinajstić information content (AvgIpc) is 3.42. The topological polar surface area (TPSA) is 78.9 Å². The van der Waals surface area contributed by atoms with Gasteiger partial charge in [-0.1, -0.05) is 12.1 Å². The maximum Gasteiger partial charge on any atom is 0.242 e. The van der Waals surface area contributed by atoms with Crippen molar-refractivity contribution in [3.05, 3.63) is 36.2 Å². The van der Waals surface area contributed by atoms with Gasteiger partial charge in [0.05, 0.1) is 25.4 Å². The quantitative estimate of drug-likeness (QED) is 0.710. The van der Waals surface area contributed by atoms with Gasteiger partial charge in [0.1, 0.15) is 5.75 Å². The Morgan fingerprint density at radius 1 is 1.26 bits per heavy atom. The van der Waals surface area contributed by atoms with Gasteiger partial charge in [0.2, 0.25) is 17.8 Å². The molecule has 8 nitrogen and oxygen atoms in total. The summed E-state index contributed by atoms with van der Waals surface area (Å²) in [5.41, 5.74) is 2.69. The van der Waals surface area contributed by atoms with Crippen LogP contribution in [0.3, 0.4) is 0 Å². The van der Waals surface area contributed by atoms with Crippen LogP contribution in [-0.4, -0.2) is 72.4 Å². The summed E-state index contributed by atoms with van der Waals surface area (Å²) in [6.07, 6.45) is 4.93. The molecule has 4 rings (SSSR count). The zero-order valence-corrected chi connectivity index (χ0v) is 18.4. The molecule has 1 aromatic heterocycles. The molecule has 0 N–H and O–H groups in total. The number of anilines is 1. The summed E-state index contributed by atoms with van der Waals surface area (Å²) in [5, 5.41) is 0. The van der Waals surface area contributed by atoms with Crippen LogP contribution in [0.2, 0.25) is 0 Å². The fourth-order valence-corrected chi connectivity index (χ4v) is 4.34. The normalized spacial score (nSPS) is 18.5. The summed E-state index contributed by atoms with van der Waals surface area (Å²) in [7, 11) is 5.45. The Bertz CT molecular complexity index is 977. The Hall–Kier alpha value is -3.16. The van der Waals surface area contributed by atoms with Crippen molar-refractivity contribution in [1.82, 2.24) is 19.8 Å². The SMILES string of the molecule is COc1cccc(-c2cnc(N(C)C)nc2[C@H]2CCCN2C(=O)CN2CCCC2=O)c1. The number of hydrogen-bond acceptors (Lipinski definition) is 6. The summed E-state index contributed by atoms with van der Waals surface area (Å²) < 4.78 is 5.40. The van der Waals surface area contributed by atoms with Crippen molar-refractivity contribution in [1.29, 1.82) is 0 Å². The molecule has 0 bridgehead atoms. The first kappa shape index (κ1) is 21.1. The van der Waals surface area contributed by atoms with Gasteiger partial charge in [-0.3, -0.25) is 9.59 Å². The lowest BCUT2D eigenvalue weighted by atomic mass is 9.99. The molecular weight excluding hydrogens is 394 g/mol. The summed E-state index contributed by atoms with van der Waals surface area (Å²) in [6, 6.07) is 7.66. The van der Waals surface area contributed by atoms with E-state index < -0.39 is 0 Å². The molecule has 8 heteroatoms. The van der Waals surface area contributed by atoms with E-state index in [1.807, 2.05) is 54.4 Å². The van der Waals surface area contributed by atoms with Crippen molar-refractivity contribution in [2.75, 3.05) is 45.7 Å². The first-order valence-corrected chi connectivity index (χ1v) is 10.7. The number of methoxy groups -OCH3 is 1. The predicted octanol–water partition coefficient (Wildman–Crippen LogP) is 2.50. The Morgan fingerprint density at radius 2 is 2.10 bits per heavy atom. The molecule has 2 aromatic rings. The van der Waals surface area contributed by atoms with Crippen LogP contribution in [0.5, 0.6) is 5.75 Å². The van der Waals surface area contributed by atoms with Gasteiger partial charge in [0.25, 0.3) is 0 Å². The standard InChI is InChI=1S/C23H29N5O3/c1-26(2)23-24-14-18(16-7-4-8-17(13-16)31-3)22(25-23)19-9-5-12-28(19)21(30)15-27-11-6-10-20(27)29/h4,7-8,13-14,19H,5-6,9-12,15H2,1-3H3/t19-/m1/s1. The monoisotopic (exact) mass is 423 g/mol. The second-order valence-electron chi connectivity index (χ2n) is 8.26. The van der Waals surface area contributed by atoms with Crippen LogP contribution in [0.25, 0.3) is 11.1 Å². The molecule has 0 saturated carbocycles. The van der Waals surface area contributed by atoms with Crippen LogP contribution in [0.1, 0.15) is 37.4 Å². The van der Waals surface area contributed by atoms with E-state index in [1.54, 1.807) is 12.0 Å². The van der Waals surface area contributed by atoms with Crippen molar-refractivity contribution in [2.24, 2.45) is 0 Å². The maximum atomic E-state index is 13.2. The third kappa shape index (κ3) is 4.33. The number of rotatable bonds is 6. The molecule has 0 unspecified atom stereocenters. The molecule has 2 aliphatic heterocycles. The minimum Gasteiger partial charge on any atom is -0.497 e. The first-order chi connectivity index (χ1) is 15.0. The van der Waals surface area contributed by atoms with E-state index in [0.29, 0.717) is 25.5 Å². The number of benzene rings is 1. The van der Waals surface area contributed by atoms with E-state index >= 15 is 0 Å². The van der Waals surface area contributed by atoms with E-state index in [2.05, 4.69) is 4.98 Å². The highest BCUT2D eigenvalue weighted by Gasteiger charge is 2.35. The zero-order chi connectivity index (χ0) is 22.0. The molecule has 2 fully saturated rings. The molecule has 164 valence electrons. The van der Waals surface area contributed by atoms with E-state index in [-0.39, 0.29) is 24.4 Å². The number of amides is 2. The first-order valence-electron chi connectivity index (χ1n) is 10.7. The Kier molecular flexibility index (Phi) is 6.06. The van der Waals surface area contributed by atoms with Crippen LogP contribution in [0.4, 0.5) is 5.95 Å². The third-order valence-corrected chi connectivity index (χ3v) is 5.97. The Labute approximate surface area is 182 Å². The van der Waals surface area contributed by atoms with Gasteiger partial charge in [-0.15, -0.1) is 0 Å². The summed E-state index contributed by atoms with van der Waals surface area (Å²) >= 11 is 0. The number of carbonyl (C=O) groups is 2. The summed E-state index contributed by atoms with van der Waals surface area (Å²) in [5.74, 6) is 1.42. The predicted molar refractivity (Wildman–Crippen MR) is 118 cm³/mol. The molecule has 0 aliphatic carbocycles. The number of hydrogen-bond donors (Lipinski definition) is 0. The van der Waals surface area contributed by atoms with Crippen molar-refractivity contribution in [3.8, 4) is 16.9 Å². The van der Waals surface area contributed by atoms with Crippen molar-refractivity contribution < 1.29 is 14.3 Å². The third-order valence-electron chi connectivity index (χ3n) is 5.97. The second kappa shape index (κ2) is 8.91. The van der Waals surface area contributed by atoms with Gasteiger partial charge in [-0.25, -0.2) is 9.97 Å². The summed E-state index contributed by atoms with van der Waals surface area (Å²) in [4.78, 5) is 40.0. The lowest BCUT2D eigenvalue weighted by molar-refractivity contribution is -0.139. The highest BCUT2D eigenvalue weighted by Crippen LogP contribution is 2.38. The Morgan fingerprint density at radius 3 is 2.81 bits per heavy atom. The van der Waals surface area contributed by atoms with Crippen molar-refractivity contribution >= 4 is 17.8 Å². The van der Waals surface area contributed by atoms with Crippen molar-refractivity contribution in [2.45, 2.75) is 31.7 Å². The Balaban J connectivity index is 1.69. The number of nitrogens with zero attached hydrogens (tertiary/aromatic N) is 5. The lowest BCUT2D eigenvalue weighted by Gasteiger charge is -2.28. The van der Waals surface area contributed by atoms with E-state index in [9.17, 15) is 9.59 Å². The van der Waals surface area contributed by atoms with Gasteiger partial charge in [0.15, 0.2) is 0 Å². The van der Waals surface area contributed by atoms with Crippen molar-refractivity contribution in [3.63, 3.8) is 0 Å². The van der Waals surface area contributed by atoms with E-state index in [1.165, 1.54) is 0 Å². The molecule has 0 radical (unpaired) electrons. The minimum absolute atomic E-state index is 0.0145. The van der Waals surface area contributed by atoms with Gasteiger partial charge >= 0.3 is 0 Å². The smallest absolute Gasteiger partial charge is 0.242 e. The highest BCUT2D eigenvalue weighted by molar-refractivity contribution is 5.86. The van der Waals surface area contributed by atoms with Gasteiger partial charge < -0.3 is 19.4 Å². The van der Waals surface area contributed by atoms with Gasteiger partial charge in [-0.2, -0.15) is 0 Å². The molecule has 0 spiro atoms. The number of likely N-dealkylation sites (tertiary alicyclic amines) is 2. The molecule has 1 aromatic carbocycles. The fourth-order valence-electron chi connectivity index (χ4n) is 4.34. The van der Waals surface area contributed by atoms with Crippen LogP contribution < -0.4 is 9.64 Å². The summed E-state index contributed by atoms with van der Waals surface area (Å²) in [6.45, 7) is 1.48. The maximum absolute atomic E-state index is 13.2. The molecule has 1 atom stereocenters. The highest BCUT2D eigenvalue weighted by atomic mass is 16.5. The molecule has 2 saturated heterocycles. The number of aromatic nitrogens is 2. The molecule has 3 heterocycles. The minimum atomic E-state index is -0.145. The van der Waals surface area contributed by atoms with E-state index in [4.69, 9.17) is 9.72 Å². The second-order valence-corrected chi connectivity index (χ2v) is 8.26. The molecule has 2 aliphatic rings.